The van der Waals surface area contributed by atoms with Gasteiger partial charge in [-0.25, -0.2) is 4.79 Å². The van der Waals surface area contributed by atoms with Crippen molar-refractivity contribution in [2.75, 3.05) is 6.61 Å². The maximum Gasteiger partial charge on any atom is 0.437 e. The molecule has 3 atom stereocenters. The molecule has 2 amide bonds. The van der Waals surface area contributed by atoms with Crippen molar-refractivity contribution in [3.8, 4) is 5.75 Å². The maximum atomic E-state index is 13.5. The highest BCUT2D eigenvalue weighted by molar-refractivity contribution is 5.83. The largest absolute Gasteiger partial charge is 0.872 e. The minimum Gasteiger partial charge on any atom is -0.872 e. The highest BCUT2D eigenvalue weighted by Crippen LogP contribution is 2.44. The molecular formula is C14H13F3N3O7-. The van der Waals surface area contributed by atoms with Gasteiger partial charge < -0.3 is 25.6 Å². The van der Waals surface area contributed by atoms with Crippen LogP contribution in [0.25, 0.3) is 0 Å². The fraction of sp³-hybridized carbons (Fsp3) is 0.429. The second-order valence-electron chi connectivity index (χ2n) is 5.55. The molecule has 27 heavy (non-hydrogen) atoms. The average molecular weight is 392 g/mol. The molecule has 0 aromatic heterocycles. The van der Waals surface area contributed by atoms with Gasteiger partial charge in [-0.1, -0.05) is 6.07 Å². The molecule has 1 aromatic rings. The van der Waals surface area contributed by atoms with Gasteiger partial charge in [-0.05, 0) is 12.5 Å². The molecule has 1 aromatic carbocycles. The third-order valence-electron chi connectivity index (χ3n) is 3.89. The fourth-order valence-electron chi connectivity index (χ4n) is 2.69. The number of halogens is 3. The summed E-state index contributed by atoms with van der Waals surface area (Å²) in [5, 5.41) is 36.2. The minimum atomic E-state index is -5.52. The first-order chi connectivity index (χ1) is 12.4. The smallest absolute Gasteiger partial charge is 0.437 e. The predicted octanol–water partition coefficient (Wildman–Crippen LogP) is 0.452. The lowest BCUT2D eigenvalue weighted by molar-refractivity contribution is -0.385. The van der Waals surface area contributed by atoms with E-state index in [1.807, 2.05) is 5.32 Å². The fourth-order valence-corrected chi connectivity index (χ4v) is 2.69. The van der Waals surface area contributed by atoms with E-state index in [1.54, 1.807) is 0 Å². The zero-order valence-corrected chi connectivity index (χ0v) is 13.6. The number of ether oxygens (including phenoxy) is 1. The van der Waals surface area contributed by atoms with Crippen molar-refractivity contribution >= 4 is 17.7 Å². The monoisotopic (exact) mass is 392 g/mol. The van der Waals surface area contributed by atoms with E-state index in [1.165, 1.54) is 12.2 Å². The molecule has 0 radical (unpaired) electrons. The molecule has 0 saturated carbocycles. The Bertz CT molecular complexity index is 786. The molecule has 1 fully saturated rings. The van der Waals surface area contributed by atoms with Crippen LogP contribution in [0.3, 0.4) is 0 Å². The zero-order valence-electron chi connectivity index (χ0n) is 13.6. The van der Waals surface area contributed by atoms with E-state index in [0.29, 0.717) is 12.1 Å². The van der Waals surface area contributed by atoms with Gasteiger partial charge in [-0.2, -0.15) is 13.2 Å². The van der Waals surface area contributed by atoms with Crippen LogP contribution < -0.4 is 15.7 Å². The van der Waals surface area contributed by atoms with Crippen LogP contribution in [-0.4, -0.2) is 40.5 Å². The number of amides is 2. The molecule has 0 aliphatic carbocycles. The molecule has 1 heterocycles. The summed E-state index contributed by atoms with van der Waals surface area (Å²) < 4.78 is 44.9. The summed E-state index contributed by atoms with van der Waals surface area (Å²) in [5.74, 6) is -5.09. The van der Waals surface area contributed by atoms with Crippen molar-refractivity contribution in [1.82, 2.24) is 10.6 Å². The second kappa shape index (κ2) is 6.90. The molecule has 0 bridgehead atoms. The normalized spacial score (nSPS) is 25.3. The average Bonchev–Trinajstić information content (AvgIpc) is 2.53. The van der Waals surface area contributed by atoms with Gasteiger partial charge in [0, 0.05) is 12.1 Å². The van der Waals surface area contributed by atoms with Crippen LogP contribution in [0.15, 0.2) is 18.2 Å². The number of aliphatic hydroxyl groups is 1. The number of hydrogen-bond acceptors (Lipinski definition) is 7. The third-order valence-corrected chi connectivity index (χ3v) is 3.89. The van der Waals surface area contributed by atoms with E-state index in [2.05, 4.69) is 4.74 Å². The van der Waals surface area contributed by atoms with Gasteiger partial charge in [0.25, 0.3) is 11.4 Å². The number of benzene rings is 1. The van der Waals surface area contributed by atoms with Crippen LogP contribution in [0.4, 0.5) is 23.7 Å². The van der Waals surface area contributed by atoms with Gasteiger partial charge in [-0.3, -0.25) is 14.9 Å². The Kier molecular flexibility index (Phi) is 5.17. The molecule has 0 unspecified atom stereocenters. The number of esters is 1. The van der Waals surface area contributed by atoms with Crippen LogP contribution in [0.2, 0.25) is 0 Å². The molecule has 0 spiro atoms. The summed E-state index contributed by atoms with van der Waals surface area (Å²) in [4.78, 5) is 33.8. The number of nitro groups is 1. The summed E-state index contributed by atoms with van der Waals surface area (Å²) in [6.07, 6.45) is -5.52. The van der Waals surface area contributed by atoms with Gasteiger partial charge in [0.2, 0.25) is 0 Å². The molecule has 13 heteroatoms. The van der Waals surface area contributed by atoms with E-state index in [9.17, 15) is 43.1 Å². The molecule has 1 saturated heterocycles. The lowest BCUT2D eigenvalue weighted by Gasteiger charge is -2.44. The number of hydrogen-bond donors (Lipinski definition) is 3. The first-order valence-electron chi connectivity index (χ1n) is 7.42. The lowest BCUT2D eigenvalue weighted by atomic mass is 9.81. The summed E-state index contributed by atoms with van der Waals surface area (Å²) in [7, 11) is 0. The Hall–Kier alpha value is -3.09. The number of rotatable bonds is 4. The third kappa shape index (κ3) is 3.58. The van der Waals surface area contributed by atoms with Crippen molar-refractivity contribution in [2.45, 2.75) is 24.9 Å². The number of urea groups is 1. The zero-order chi connectivity index (χ0) is 20.6. The van der Waals surface area contributed by atoms with Crippen LogP contribution in [0.1, 0.15) is 18.5 Å². The number of carbonyl (C=O) groups excluding carboxylic acids is 2. The predicted molar refractivity (Wildman–Crippen MR) is 78.1 cm³/mol. The molecule has 1 aliphatic heterocycles. The minimum absolute atomic E-state index is 0.358. The number of nitrogens with zero attached hydrogens (tertiary/aromatic N) is 1. The summed E-state index contributed by atoms with van der Waals surface area (Å²) in [6.45, 7) is 0.934. The number of non-ortho nitro benzene ring substituents is 1. The standard InChI is InChI=1S/C14H14F3N3O7/c1-2-27-11(22)9-10(7-5-6(20(25)26)3-4-8(7)21)18-12(23)19-13(9,24)14(15,16)17/h3-5,9-10,21,24H,2H2,1H3,(H2,18,19,23)/p-1/t9-,10+,13-/m1/s1. The summed E-state index contributed by atoms with van der Waals surface area (Å²) >= 11 is 0. The molecule has 148 valence electrons. The number of nitro benzene ring substituents is 1. The van der Waals surface area contributed by atoms with Gasteiger partial charge in [0.15, 0.2) is 0 Å². The van der Waals surface area contributed by atoms with Crippen molar-refractivity contribution in [3.05, 3.63) is 33.9 Å². The van der Waals surface area contributed by atoms with Crippen molar-refractivity contribution in [2.24, 2.45) is 5.92 Å². The van der Waals surface area contributed by atoms with E-state index in [4.69, 9.17) is 0 Å². The Morgan fingerprint density at radius 1 is 1.44 bits per heavy atom. The first kappa shape index (κ1) is 20.2. The molecule has 10 nitrogen and oxygen atoms in total. The first-order valence-corrected chi connectivity index (χ1v) is 7.42. The number of nitrogens with one attached hydrogen (secondary N) is 2. The highest BCUT2D eigenvalue weighted by Gasteiger charge is 2.67. The van der Waals surface area contributed by atoms with Crippen molar-refractivity contribution < 1.29 is 42.6 Å². The van der Waals surface area contributed by atoms with E-state index < -0.39 is 57.8 Å². The number of carbonyl (C=O) groups is 2. The second-order valence-corrected chi connectivity index (χ2v) is 5.55. The van der Waals surface area contributed by atoms with Crippen LogP contribution >= 0.6 is 0 Å². The van der Waals surface area contributed by atoms with Crippen LogP contribution in [0, 0.1) is 16.0 Å². The molecule has 2 rings (SSSR count). The van der Waals surface area contributed by atoms with Crippen molar-refractivity contribution in [3.63, 3.8) is 0 Å². The van der Waals surface area contributed by atoms with Crippen LogP contribution in [-0.2, 0) is 9.53 Å². The summed E-state index contributed by atoms with van der Waals surface area (Å²) in [5.41, 5.74) is -5.40. The Balaban J connectivity index is 2.68. The van der Waals surface area contributed by atoms with E-state index in [-0.39, 0.29) is 6.61 Å². The van der Waals surface area contributed by atoms with E-state index in [0.717, 1.165) is 6.07 Å². The Morgan fingerprint density at radius 2 is 2.07 bits per heavy atom. The van der Waals surface area contributed by atoms with Gasteiger partial charge in [-0.15, -0.1) is 5.75 Å². The van der Waals surface area contributed by atoms with Crippen molar-refractivity contribution in [1.29, 1.82) is 0 Å². The van der Waals surface area contributed by atoms with Crippen LogP contribution in [0.5, 0.6) is 5.75 Å². The Labute approximate surface area is 149 Å². The highest BCUT2D eigenvalue weighted by atomic mass is 19.4. The topological polar surface area (TPSA) is 154 Å². The Morgan fingerprint density at radius 3 is 2.59 bits per heavy atom. The van der Waals surface area contributed by atoms with E-state index >= 15 is 0 Å². The van der Waals surface area contributed by atoms with Gasteiger partial charge in [0.1, 0.15) is 5.92 Å². The SMILES string of the molecule is CCOC(=O)[C@H]1[C@H](c2cc([N+](=O)[O-])ccc2[O-])NC(=O)N[C@]1(O)C(F)(F)F. The molecule has 3 N–H and O–H groups in total. The molecular weight excluding hydrogens is 379 g/mol. The van der Waals surface area contributed by atoms with Gasteiger partial charge in [0.05, 0.1) is 17.6 Å². The quantitative estimate of drug-likeness (QED) is 0.382. The van der Waals surface area contributed by atoms with Gasteiger partial charge >= 0.3 is 18.2 Å². The number of alkyl halides is 3. The summed E-state index contributed by atoms with van der Waals surface area (Å²) in [6, 6.07) is -1.43. The lowest BCUT2D eigenvalue weighted by Crippen LogP contribution is -2.73. The maximum absolute atomic E-state index is 13.5. The molecule has 1 aliphatic rings.